The Morgan fingerprint density at radius 1 is 1.58 bits per heavy atom. The van der Waals surface area contributed by atoms with E-state index in [2.05, 4.69) is 0 Å². The predicted octanol–water partition coefficient (Wildman–Crippen LogP) is 1.25. The van der Waals surface area contributed by atoms with Crippen LogP contribution >= 0.6 is 0 Å². The van der Waals surface area contributed by atoms with Gasteiger partial charge in [0.2, 0.25) is 0 Å². The summed E-state index contributed by atoms with van der Waals surface area (Å²) in [5, 5.41) is 0. The van der Waals surface area contributed by atoms with Crippen LogP contribution in [0.3, 0.4) is 0 Å². The molecule has 0 radical (unpaired) electrons. The minimum absolute atomic E-state index is 0.416. The van der Waals surface area contributed by atoms with Crippen LogP contribution in [0.1, 0.15) is 5.56 Å². The van der Waals surface area contributed by atoms with Gasteiger partial charge in [-0.2, -0.15) is 0 Å². The molecular weight excluding hydrogens is 176 g/mol. The summed E-state index contributed by atoms with van der Waals surface area (Å²) < 4.78 is 21.1. The lowest BCUT2D eigenvalue weighted by atomic mass is 10.2. The molecule has 0 bridgehead atoms. The zero-order valence-corrected chi connectivity index (χ0v) is 7.39. The summed E-state index contributed by atoms with van der Waals surface area (Å²) in [6.45, 7) is 0.416. The first-order valence-electron chi connectivity index (χ1n) is 3.53. The molecule has 0 saturated carbocycles. The molecule has 1 aliphatic heterocycles. The Labute approximate surface area is 73.0 Å². The largest absolute Gasteiger partial charge is 0.497 e. The molecule has 0 aromatic heterocycles. The zero-order valence-electron chi connectivity index (χ0n) is 6.57. The first kappa shape index (κ1) is 7.76. The van der Waals surface area contributed by atoms with Crippen LogP contribution in [-0.2, 0) is 21.9 Å². The van der Waals surface area contributed by atoms with Crippen molar-refractivity contribution in [3.63, 3.8) is 0 Å². The molecule has 1 unspecified atom stereocenters. The summed E-state index contributed by atoms with van der Waals surface area (Å²) in [7, 11) is 1.61. The Bertz CT molecular complexity index is 335. The van der Waals surface area contributed by atoms with Crippen LogP contribution in [0.25, 0.3) is 0 Å². The van der Waals surface area contributed by atoms with Crippen molar-refractivity contribution in [2.75, 3.05) is 7.11 Å². The number of benzene rings is 1. The Balaban J connectivity index is 2.48. The Kier molecular flexibility index (Phi) is 1.86. The van der Waals surface area contributed by atoms with Gasteiger partial charge in [-0.25, -0.2) is 4.21 Å². The van der Waals surface area contributed by atoms with Crippen LogP contribution in [0, 0.1) is 0 Å². The van der Waals surface area contributed by atoms with Gasteiger partial charge in [0, 0.05) is 5.56 Å². The molecule has 1 aliphatic rings. The maximum Gasteiger partial charge on any atom is 0.189 e. The highest BCUT2D eigenvalue weighted by Gasteiger charge is 2.19. The maximum atomic E-state index is 11.1. The van der Waals surface area contributed by atoms with Crippen LogP contribution in [0.15, 0.2) is 23.1 Å². The summed E-state index contributed by atoms with van der Waals surface area (Å²) in [5.41, 5.74) is 0.952. The molecule has 0 saturated heterocycles. The van der Waals surface area contributed by atoms with E-state index in [0.717, 1.165) is 16.2 Å². The van der Waals surface area contributed by atoms with Crippen molar-refractivity contribution < 1.29 is 13.1 Å². The third kappa shape index (κ3) is 1.13. The molecule has 0 amide bonds. The fraction of sp³-hybridized carbons (Fsp3) is 0.250. The number of methoxy groups -OCH3 is 1. The lowest BCUT2D eigenvalue weighted by Gasteiger charge is -1.99. The van der Waals surface area contributed by atoms with Gasteiger partial charge >= 0.3 is 0 Å². The standard InChI is InChI=1S/C8H8O3S/c1-10-7-2-3-8-6(4-7)5-11-12(8)9/h2-4H,5H2,1H3. The van der Waals surface area contributed by atoms with Crippen LogP contribution < -0.4 is 4.74 Å². The molecule has 1 atom stereocenters. The molecule has 0 aliphatic carbocycles. The molecule has 0 fully saturated rings. The molecular formula is C8H8O3S. The minimum Gasteiger partial charge on any atom is -0.497 e. The number of hydrogen-bond donors (Lipinski definition) is 0. The SMILES string of the molecule is COc1ccc2c(c1)COS2=O. The van der Waals surface area contributed by atoms with Gasteiger partial charge in [-0.15, -0.1) is 0 Å². The molecule has 12 heavy (non-hydrogen) atoms. The van der Waals surface area contributed by atoms with E-state index in [9.17, 15) is 4.21 Å². The average Bonchev–Trinajstić information content (AvgIpc) is 2.47. The van der Waals surface area contributed by atoms with Gasteiger partial charge in [0.15, 0.2) is 11.1 Å². The van der Waals surface area contributed by atoms with E-state index in [-0.39, 0.29) is 0 Å². The van der Waals surface area contributed by atoms with Crippen molar-refractivity contribution in [1.82, 2.24) is 0 Å². The van der Waals surface area contributed by atoms with Crippen LogP contribution in [0.4, 0.5) is 0 Å². The first-order chi connectivity index (χ1) is 5.81. The van der Waals surface area contributed by atoms with E-state index < -0.39 is 11.1 Å². The number of hydrogen-bond acceptors (Lipinski definition) is 3. The first-order valence-corrected chi connectivity index (χ1v) is 4.61. The van der Waals surface area contributed by atoms with Crippen molar-refractivity contribution in [1.29, 1.82) is 0 Å². The third-order valence-electron chi connectivity index (χ3n) is 1.77. The summed E-state index contributed by atoms with van der Waals surface area (Å²) in [5.74, 6) is 0.774. The number of ether oxygens (including phenoxy) is 1. The second-order valence-electron chi connectivity index (χ2n) is 2.47. The molecule has 1 heterocycles. The summed E-state index contributed by atoms with van der Waals surface area (Å²) in [6.07, 6.45) is 0. The summed E-state index contributed by atoms with van der Waals surface area (Å²) in [4.78, 5) is 0.760. The predicted molar refractivity (Wildman–Crippen MR) is 44.2 cm³/mol. The molecule has 4 heteroatoms. The van der Waals surface area contributed by atoms with Gasteiger partial charge in [-0.05, 0) is 18.2 Å². The van der Waals surface area contributed by atoms with E-state index in [1.54, 1.807) is 19.2 Å². The zero-order chi connectivity index (χ0) is 8.55. The van der Waals surface area contributed by atoms with Crippen LogP contribution in [-0.4, -0.2) is 11.3 Å². The highest BCUT2D eigenvalue weighted by molar-refractivity contribution is 7.80. The van der Waals surface area contributed by atoms with Crippen molar-refractivity contribution in [2.45, 2.75) is 11.5 Å². The van der Waals surface area contributed by atoms with Crippen molar-refractivity contribution in [3.8, 4) is 5.75 Å². The van der Waals surface area contributed by atoms with Gasteiger partial charge < -0.3 is 4.74 Å². The van der Waals surface area contributed by atoms with E-state index in [0.29, 0.717) is 6.61 Å². The summed E-state index contributed by atoms with van der Waals surface area (Å²) >= 11 is -1.26. The second kappa shape index (κ2) is 2.88. The van der Waals surface area contributed by atoms with Crippen LogP contribution in [0.5, 0.6) is 5.75 Å². The fourth-order valence-corrected chi connectivity index (χ4v) is 2.01. The lowest BCUT2D eigenvalue weighted by Crippen LogP contribution is -1.87. The van der Waals surface area contributed by atoms with Crippen molar-refractivity contribution in [3.05, 3.63) is 23.8 Å². The van der Waals surface area contributed by atoms with E-state index in [4.69, 9.17) is 8.92 Å². The Hall–Kier alpha value is -0.870. The molecule has 1 aromatic rings. The van der Waals surface area contributed by atoms with E-state index in [1.165, 1.54) is 0 Å². The highest BCUT2D eigenvalue weighted by atomic mass is 32.2. The Morgan fingerprint density at radius 3 is 3.17 bits per heavy atom. The minimum atomic E-state index is -1.26. The van der Waals surface area contributed by atoms with E-state index in [1.807, 2.05) is 6.07 Å². The van der Waals surface area contributed by atoms with Crippen LogP contribution in [0.2, 0.25) is 0 Å². The van der Waals surface area contributed by atoms with Gasteiger partial charge in [0.05, 0.1) is 18.6 Å². The fourth-order valence-electron chi connectivity index (χ4n) is 1.14. The third-order valence-corrected chi connectivity index (χ3v) is 2.86. The monoisotopic (exact) mass is 184 g/mol. The normalized spacial score (nSPS) is 20.6. The van der Waals surface area contributed by atoms with Crippen molar-refractivity contribution >= 4 is 11.1 Å². The molecule has 64 valence electrons. The molecule has 0 spiro atoms. The quantitative estimate of drug-likeness (QED) is 0.659. The van der Waals surface area contributed by atoms with Gasteiger partial charge in [-0.1, -0.05) is 0 Å². The van der Waals surface area contributed by atoms with E-state index >= 15 is 0 Å². The topological polar surface area (TPSA) is 35.5 Å². The van der Waals surface area contributed by atoms with Gasteiger partial charge in [-0.3, -0.25) is 4.18 Å². The molecule has 1 aromatic carbocycles. The van der Waals surface area contributed by atoms with Gasteiger partial charge in [0.25, 0.3) is 0 Å². The highest BCUT2D eigenvalue weighted by Crippen LogP contribution is 2.27. The smallest absolute Gasteiger partial charge is 0.189 e. The maximum absolute atomic E-state index is 11.1. The molecule has 0 N–H and O–H groups in total. The van der Waals surface area contributed by atoms with Gasteiger partial charge in [0.1, 0.15) is 5.75 Å². The molecule has 3 nitrogen and oxygen atoms in total. The molecule has 2 rings (SSSR count). The average molecular weight is 184 g/mol. The summed E-state index contributed by atoms with van der Waals surface area (Å²) in [6, 6.07) is 5.41. The second-order valence-corrected chi connectivity index (χ2v) is 3.62. The Morgan fingerprint density at radius 2 is 2.42 bits per heavy atom. The van der Waals surface area contributed by atoms with Crippen molar-refractivity contribution in [2.24, 2.45) is 0 Å². The lowest BCUT2D eigenvalue weighted by molar-refractivity contribution is 0.354. The number of fused-ring (bicyclic) bond motifs is 1. The number of rotatable bonds is 1.